The summed E-state index contributed by atoms with van der Waals surface area (Å²) in [5.74, 6) is 0. The highest BCUT2D eigenvalue weighted by atomic mass is 15.0. The molecule has 1 atom stereocenters. The van der Waals surface area contributed by atoms with Gasteiger partial charge in [0.05, 0.1) is 23.6 Å². The zero-order valence-corrected chi connectivity index (χ0v) is 7.95. The number of nitrogens with zero attached hydrogens (tertiary/aromatic N) is 2. The summed E-state index contributed by atoms with van der Waals surface area (Å²) >= 11 is 0. The fraction of sp³-hybridized carbons (Fsp3) is 0.600. The molecular weight excluding hydrogens is 162 g/mol. The van der Waals surface area contributed by atoms with Crippen molar-refractivity contribution in [2.75, 3.05) is 6.54 Å². The van der Waals surface area contributed by atoms with E-state index in [-0.39, 0.29) is 0 Å². The van der Waals surface area contributed by atoms with Crippen LogP contribution in [0.1, 0.15) is 36.7 Å². The molecule has 3 nitrogen and oxygen atoms in total. The Labute approximate surface area is 78.6 Å². The minimum atomic E-state index is 0.432. The van der Waals surface area contributed by atoms with Crippen molar-refractivity contribution in [2.45, 2.75) is 32.2 Å². The lowest BCUT2D eigenvalue weighted by atomic mass is 10.0. The van der Waals surface area contributed by atoms with Crippen LogP contribution in [0.2, 0.25) is 0 Å². The highest BCUT2D eigenvalue weighted by molar-refractivity contribution is 5.06. The van der Waals surface area contributed by atoms with Gasteiger partial charge in [0.15, 0.2) is 0 Å². The van der Waals surface area contributed by atoms with Crippen molar-refractivity contribution < 1.29 is 0 Å². The number of aromatic nitrogens is 2. The van der Waals surface area contributed by atoms with E-state index in [1.165, 1.54) is 19.3 Å². The summed E-state index contributed by atoms with van der Waals surface area (Å²) in [5, 5.41) is 3.45. The van der Waals surface area contributed by atoms with Crippen molar-refractivity contribution in [3.8, 4) is 0 Å². The topological polar surface area (TPSA) is 37.8 Å². The van der Waals surface area contributed by atoms with Gasteiger partial charge in [-0.25, -0.2) is 0 Å². The van der Waals surface area contributed by atoms with Gasteiger partial charge in [0.2, 0.25) is 0 Å². The van der Waals surface area contributed by atoms with Crippen LogP contribution in [0.15, 0.2) is 12.4 Å². The van der Waals surface area contributed by atoms with Crippen LogP contribution in [0.3, 0.4) is 0 Å². The van der Waals surface area contributed by atoms with Crippen LogP contribution < -0.4 is 5.32 Å². The molecule has 0 bridgehead atoms. The molecule has 2 heterocycles. The zero-order valence-electron chi connectivity index (χ0n) is 7.95. The van der Waals surface area contributed by atoms with E-state index in [0.717, 1.165) is 17.9 Å². The molecule has 0 amide bonds. The summed E-state index contributed by atoms with van der Waals surface area (Å²) in [6.07, 6.45) is 7.50. The van der Waals surface area contributed by atoms with E-state index in [9.17, 15) is 0 Å². The lowest BCUT2D eigenvalue weighted by Gasteiger charge is -2.22. The smallest absolute Gasteiger partial charge is 0.0756 e. The average Bonchev–Trinajstić information content (AvgIpc) is 2.20. The summed E-state index contributed by atoms with van der Waals surface area (Å²) in [4.78, 5) is 8.63. The zero-order chi connectivity index (χ0) is 9.10. The van der Waals surface area contributed by atoms with Crippen LogP contribution in [0.4, 0.5) is 0 Å². The Morgan fingerprint density at radius 3 is 2.85 bits per heavy atom. The normalized spacial score (nSPS) is 23.0. The van der Waals surface area contributed by atoms with Crippen molar-refractivity contribution in [3.05, 3.63) is 23.8 Å². The van der Waals surface area contributed by atoms with Crippen LogP contribution in [-0.4, -0.2) is 16.5 Å². The second-order valence-electron chi connectivity index (χ2n) is 3.59. The van der Waals surface area contributed by atoms with Gasteiger partial charge in [-0.15, -0.1) is 0 Å². The van der Waals surface area contributed by atoms with Gasteiger partial charge >= 0.3 is 0 Å². The summed E-state index contributed by atoms with van der Waals surface area (Å²) in [5.41, 5.74) is 2.07. The Morgan fingerprint density at radius 2 is 2.23 bits per heavy atom. The quantitative estimate of drug-likeness (QED) is 0.708. The van der Waals surface area contributed by atoms with Gasteiger partial charge in [-0.05, 0) is 26.3 Å². The highest BCUT2D eigenvalue weighted by Crippen LogP contribution is 2.20. The molecule has 1 aliphatic heterocycles. The molecule has 1 aliphatic rings. The lowest BCUT2D eigenvalue weighted by Crippen LogP contribution is -2.27. The van der Waals surface area contributed by atoms with Gasteiger partial charge in [-0.3, -0.25) is 9.97 Å². The molecule has 0 spiro atoms. The first kappa shape index (κ1) is 8.63. The van der Waals surface area contributed by atoms with Crippen LogP contribution in [0, 0.1) is 6.92 Å². The van der Waals surface area contributed by atoms with Crippen LogP contribution >= 0.6 is 0 Å². The maximum absolute atomic E-state index is 4.38. The van der Waals surface area contributed by atoms with E-state index in [0.29, 0.717) is 6.04 Å². The van der Waals surface area contributed by atoms with Crippen LogP contribution in [0.25, 0.3) is 0 Å². The first-order valence-electron chi connectivity index (χ1n) is 4.88. The first-order chi connectivity index (χ1) is 6.36. The van der Waals surface area contributed by atoms with E-state index < -0.39 is 0 Å². The van der Waals surface area contributed by atoms with Gasteiger partial charge in [-0.1, -0.05) is 6.42 Å². The van der Waals surface area contributed by atoms with Gasteiger partial charge < -0.3 is 5.32 Å². The monoisotopic (exact) mass is 177 g/mol. The fourth-order valence-electron chi connectivity index (χ4n) is 1.69. The Kier molecular flexibility index (Phi) is 2.54. The number of piperidine rings is 1. The molecule has 13 heavy (non-hydrogen) atoms. The number of aryl methyl sites for hydroxylation is 1. The molecular formula is C10H15N3. The number of nitrogens with one attached hydrogen (secondary N) is 1. The predicted molar refractivity (Wildman–Crippen MR) is 51.4 cm³/mol. The van der Waals surface area contributed by atoms with E-state index in [1.54, 1.807) is 0 Å². The minimum Gasteiger partial charge on any atom is -0.309 e. The molecule has 3 heteroatoms. The van der Waals surface area contributed by atoms with Gasteiger partial charge in [-0.2, -0.15) is 0 Å². The molecule has 0 aliphatic carbocycles. The standard InChI is InChI=1S/C10H15N3/c1-8-6-13-10(7-12-8)9-4-2-3-5-11-9/h6-7,9,11H,2-5H2,1H3. The first-order valence-corrected chi connectivity index (χ1v) is 4.88. The predicted octanol–water partition coefficient (Wildman–Crippen LogP) is 1.60. The second-order valence-corrected chi connectivity index (χ2v) is 3.59. The molecule has 1 N–H and O–H groups in total. The van der Waals surface area contributed by atoms with Gasteiger partial charge in [0.25, 0.3) is 0 Å². The highest BCUT2D eigenvalue weighted by Gasteiger charge is 2.15. The molecule has 0 radical (unpaired) electrons. The molecule has 70 valence electrons. The second kappa shape index (κ2) is 3.83. The molecule has 2 rings (SSSR count). The van der Waals surface area contributed by atoms with E-state index in [4.69, 9.17) is 0 Å². The Hall–Kier alpha value is -0.960. The minimum absolute atomic E-state index is 0.432. The fourth-order valence-corrected chi connectivity index (χ4v) is 1.69. The lowest BCUT2D eigenvalue weighted by molar-refractivity contribution is 0.404. The molecule has 1 aromatic rings. The van der Waals surface area contributed by atoms with Crippen LogP contribution in [-0.2, 0) is 0 Å². The SMILES string of the molecule is Cc1cnc(C2CCCCN2)cn1. The summed E-state index contributed by atoms with van der Waals surface area (Å²) in [6, 6.07) is 0.432. The molecule has 0 aromatic carbocycles. The van der Waals surface area contributed by atoms with Crippen molar-refractivity contribution in [1.29, 1.82) is 0 Å². The summed E-state index contributed by atoms with van der Waals surface area (Å²) in [6.45, 7) is 3.07. The Bertz CT molecular complexity index is 262. The third-order valence-electron chi connectivity index (χ3n) is 2.47. The number of rotatable bonds is 1. The maximum Gasteiger partial charge on any atom is 0.0756 e. The molecule has 1 aromatic heterocycles. The molecule has 1 fully saturated rings. The van der Waals surface area contributed by atoms with Crippen molar-refractivity contribution in [1.82, 2.24) is 15.3 Å². The van der Waals surface area contributed by atoms with Crippen molar-refractivity contribution >= 4 is 0 Å². The number of hydrogen-bond acceptors (Lipinski definition) is 3. The molecule has 0 saturated carbocycles. The van der Waals surface area contributed by atoms with Crippen LogP contribution in [0.5, 0.6) is 0 Å². The van der Waals surface area contributed by atoms with E-state index in [2.05, 4.69) is 15.3 Å². The molecule has 1 saturated heterocycles. The Morgan fingerprint density at radius 1 is 1.31 bits per heavy atom. The average molecular weight is 177 g/mol. The van der Waals surface area contributed by atoms with E-state index >= 15 is 0 Å². The van der Waals surface area contributed by atoms with Gasteiger partial charge in [0, 0.05) is 6.20 Å². The number of hydrogen-bond donors (Lipinski definition) is 1. The third kappa shape index (κ3) is 2.04. The summed E-state index contributed by atoms with van der Waals surface area (Å²) < 4.78 is 0. The van der Waals surface area contributed by atoms with E-state index in [1.807, 2.05) is 19.3 Å². The largest absolute Gasteiger partial charge is 0.309 e. The summed E-state index contributed by atoms with van der Waals surface area (Å²) in [7, 11) is 0. The maximum atomic E-state index is 4.38. The Balaban J connectivity index is 2.10. The molecule has 1 unspecified atom stereocenters. The van der Waals surface area contributed by atoms with Gasteiger partial charge in [0.1, 0.15) is 0 Å². The van der Waals surface area contributed by atoms with Crippen molar-refractivity contribution in [2.24, 2.45) is 0 Å². The van der Waals surface area contributed by atoms with Crippen molar-refractivity contribution in [3.63, 3.8) is 0 Å². The third-order valence-corrected chi connectivity index (χ3v) is 2.47.